The van der Waals surface area contributed by atoms with Gasteiger partial charge in [-0.15, -0.1) is 0 Å². The van der Waals surface area contributed by atoms with Crippen molar-refractivity contribution in [1.29, 1.82) is 0 Å². The molecule has 0 bridgehead atoms. The van der Waals surface area contributed by atoms with Gasteiger partial charge in [-0.25, -0.2) is 4.98 Å². The molecule has 0 aliphatic carbocycles. The monoisotopic (exact) mass is 180 g/mol. The first-order valence-corrected chi connectivity index (χ1v) is 4.18. The standard InChI is InChI=1S/C9H14N3O/c1-7-8(12(2)6-11-7)4-3-5-9(10)13/h3,6H,4-5H2,1-2H3,(H2,10,13). The van der Waals surface area contributed by atoms with Crippen LogP contribution in [-0.4, -0.2) is 15.5 Å². The fourth-order valence-electron chi connectivity index (χ4n) is 1.22. The van der Waals surface area contributed by atoms with Crippen molar-refractivity contribution < 1.29 is 4.79 Å². The van der Waals surface area contributed by atoms with Crippen molar-refractivity contribution in [3.05, 3.63) is 24.1 Å². The van der Waals surface area contributed by atoms with Gasteiger partial charge in [0.1, 0.15) is 0 Å². The lowest BCUT2D eigenvalue weighted by Gasteiger charge is -2.01. The zero-order valence-electron chi connectivity index (χ0n) is 7.95. The van der Waals surface area contributed by atoms with E-state index in [2.05, 4.69) is 4.98 Å². The van der Waals surface area contributed by atoms with Crippen molar-refractivity contribution in [3.63, 3.8) is 0 Å². The van der Waals surface area contributed by atoms with E-state index in [1.165, 1.54) is 0 Å². The number of hydrogen-bond donors (Lipinski definition) is 1. The predicted octanol–water partition coefficient (Wildman–Crippen LogP) is 0.351. The van der Waals surface area contributed by atoms with Crippen LogP contribution in [0.4, 0.5) is 0 Å². The van der Waals surface area contributed by atoms with Crippen molar-refractivity contribution in [2.24, 2.45) is 12.8 Å². The number of hydrogen-bond acceptors (Lipinski definition) is 2. The number of primary amides is 1. The van der Waals surface area contributed by atoms with Gasteiger partial charge in [-0.3, -0.25) is 4.79 Å². The van der Waals surface area contributed by atoms with Crippen LogP contribution in [0.5, 0.6) is 0 Å². The Bertz CT molecular complexity index is 284. The third kappa shape index (κ3) is 2.57. The van der Waals surface area contributed by atoms with Crippen LogP contribution in [0.25, 0.3) is 0 Å². The van der Waals surface area contributed by atoms with Crippen LogP contribution in [0, 0.1) is 13.3 Å². The van der Waals surface area contributed by atoms with Crippen molar-refractivity contribution >= 4 is 5.91 Å². The summed E-state index contributed by atoms with van der Waals surface area (Å²) in [7, 11) is 1.94. The molecule has 0 atom stereocenters. The number of carbonyl (C=O) groups is 1. The van der Waals surface area contributed by atoms with Crippen LogP contribution < -0.4 is 5.73 Å². The van der Waals surface area contributed by atoms with E-state index in [0.29, 0.717) is 6.42 Å². The lowest BCUT2D eigenvalue weighted by atomic mass is 10.1. The minimum Gasteiger partial charge on any atom is -0.370 e. The van der Waals surface area contributed by atoms with Crippen LogP contribution in [0.2, 0.25) is 0 Å². The molecule has 0 aromatic carbocycles. The molecule has 1 aromatic rings. The number of rotatable bonds is 4. The molecule has 0 aliphatic heterocycles. The summed E-state index contributed by atoms with van der Waals surface area (Å²) < 4.78 is 1.95. The first-order chi connectivity index (χ1) is 6.11. The summed E-state index contributed by atoms with van der Waals surface area (Å²) in [6.07, 6.45) is 4.70. The van der Waals surface area contributed by atoms with Gasteiger partial charge in [0.2, 0.25) is 5.91 Å². The normalized spacial score (nSPS) is 10.3. The van der Waals surface area contributed by atoms with E-state index in [0.717, 1.165) is 17.8 Å². The molecule has 1 aromatic heterocycles. The Labute approximate surface area is 77.8 Å². The number of aromatic nitrogens is 2. The van der Waals surface area contributed by atoms with Crippen LogP contribution in [-0.2, 0) is 18.3 Å². The lowest BCUT2D eigenvalue weighted by molar-refractivity contribution is -0.117. The maximum Gasteiger partial charge on any atom is 0.217 e. The summed E-state index contributed by atoms with van der Waals surface area (Å²) in [6, 6.07) is 0. The molecule has 4 nitrogen and oxygen atoms in total. The fraction of sp³-hybridized carbons (Fsp3) is 0.444. The van der Waals surface area contributed by atoms with E-state index < -0.39 is 0 Å². The van der Waals surface area contributed by atoms with Crippen LogP contribution in [0.1, 0.15) is 17.8 Å². The van der Waals surface area contributed by atoms with Gasteiger partial charge in [-0.2, -0.15) is 0 Å². The number of nitrogens with two attached hydrogens (primary N) is 1. The molecule has 1 radical (unpaired) electrons. The summed E-state index contributed by atoms with van der Waals surface area (Å²) >= 11 is 0. The van der Waals surface area contributed by atoms with Crippen molar-refractivity contribution in [2.75, 3.05) is 0 Å². The molecule has 0 unspecified atom stereocenters. The van der Waals surface area contributed by atoms with Gasteiger partial charge in [0.15, 0.2) is 0 Å². The molecule has 1 amide bonds. The van der Waals surface area contributed by atoms with Crippen molar-refractivity contribution in [1.82, 2.24) is 9.55 Å². The van der Waals surface area contributed by atoms with Crippen LogP contribution in [0.3, 0.4) is 0 Å². The molecule has 71 valence electrons. The minimum absolute atomic E-state index is 0.292. The second kappa shape index (κ2) is 4.07. The highest BCUT2D eigenvalue weighted by Gasteiger charge is 2.04. The van der Waals surface area contributed by atoms with Gasteiger partial charge < -0.3 is 10.3 Å². The molecule has 13 heavy (non-hydrogen) atoms. The quantitative estimate of drug-likeness (QED) is 0.726. The summed E-state index contributed by atoms with van der Waals surface area (Å²) in [6.45, 7) is 1.95. The second-order valence-electron chi connectivity index (χ2n) is 3.05. The van der Waals surface area contributed by atoms with E-state index >= 15 is 0 Å². The second-order valence-corrected chi connectivity index (χ2v) is 3.05. The summed E-state index contributed by atoms with van der Waals surface area (Å²) in [5, 5.41) is 0. The largest absolute Gasteiger partial charge is 0.370 e. The molecule has 0 aliphatic rings. The van der Waals surface area contributed by atoms with Gasteiger partial charge in [0.05, 0.1) is 12.0 Å². The van der Waals surface area contributed by atoms with Crippen molar-refractivity contribution in [3.8, 4) is 0 Å². The Morgan fingerprint density at radius 2 is 2.46 bits per heavy atom. The SMILES string of the molecule is Cc1ncn(C)c1C[CH]CC(N)=O. The number of carbonyl (C=O) groups excluding carboxylic acids is 1. The average molecular weight is 180 g/mol. The highest BCUT2D eigenvalue weighted by molar-refractivity contribution is 5.74. The molecular formula is C9H14N3O. The smallest absolute Gasteiger partial charge is 0.217 e. The van der Waals surface area contributed by atoms with Gasteiger partial charge in [-0.1, -0.05) is 0 Å². The van der Waals surface area contributed by atoms with Crippen LogP contribution >= 0.6 is 0 Å². The Morgan fingerprint density at radius 3 is 2.92 bits per heavy atom. The maximum atomic E-state index is 10.5. The Hall–Kier alpha value is -1.32. The first kappa shape index (κ1) is 9.77. The molecule has 0 saturated heterocycles. The average Bonchev–Trinajstić information content (AvgIpc) is 2.34. The third-order valence-electron chi connectivity index (χ3n) is 1.95. The molecule has 1 heterocycles. The number of nitrogens with zero attached hydrogens (tertiary/aromatic N) is 2. The highest BCUT2D eigenvalue weighted by Crippen LogP contribution is 2.07. The summed E-state index contributed by atoms with van der Waals surface area (Å²) in [4.78, 5) is 14.6. The molecule has 0 saturated carbocycles. The molecule has 4 heteroatoms. The van der Waals surface area contributed by atoms with E-state index in [1.807, 2.05) is 25.0 Å². The minimum atomic E-state index is -0.292. The van der Waals surface area contributed by atoms with Crippen LogP contribution in [0.15, 0.2) is 6.33 Å². The topological polar surface area (TPSA) is 60.9 Å². The summed E-state index contributed by atoms with van der Waals surface area (Å²) in [5.74, 6) is -0.292. The zero-order valence-corrected chi connectivity index (χ0v) is 7.95. The molecular weight excluding hydrogens is 166 g/mol. The van der Waals surface area contributed by atoms with Gasteiger partial charge in [0, 0.05) is 19.2 Å². The first-order valence-electron chi connectivity index (χ1n) is 4.18. The number of aryl methyl sites for hydroxylation is 2. The van der Waals surface area contributed by atoms with Gasteiger partial charge in [-0.05, 0) is 19.8 Å². The van der Waals surface area contributed by atoms with E-state index in [-0.39, 0.29) is 5.91 Å². The Kier molecular flexibility index (Phi) is 3.06. The predicted molar refractivity (Wildman–Crippen MR) is 49.8 cm³/mol. The Balaban J connectivity index is 2.49. The molecule has 1 rings (SSSR count). The maximum absolute atomic E-state index is 10.5. The fourth-order valence-corrected chi connectivity index (χ4v) is 1.22. The van der Waals surface area contributed by atoms with Crippen molar-refractivity contribution in [2.45, 2.75) is 19.8 Å². The highest BCUT2D eigenvalue weighted by atomic mass is 16.1. The molecule has 2 N–H and O–H groups in total. The van der Waals surface area contributed by atoms with Gasteiger partial charge in [0.25, 0.3) is 0 Å². The number of amides is 1. The lowest BCUT2D eigenvalue weighted by Crippen LogP contribution is -2.11. The summed E-state index contributed by atoms with van der Waals surface area (Å²) in [5.41, 5.74) is 7.14. The number of imidazole rings is 1. The zero-order chi connectivity index (χ0) is 9.84. The molecule has 0 fully saturated rings. The molecule has 0 spiro atoms. The van der Waals surface area contributed by atoms with E-state index in [4.69, 9.17) is 5.73 Å². The van der Waals surface area contributed by atoms with E-state index in [1.54, 1.807) is 6.33 Å². The third-order valence-corrected chi connectivity index (χ3v) is 1.95. The Morgan fingerprint density at radius 1 is 1.77 bits per heavy atom. The van der Waals surface area contributed by atoms with E-state index in [9.17, 15) is 4.79 Å². The van der Waals surface area contributed by atoms with Gasteiger partial charge >= 0.3 is 0 Å².